The predicted octanol–water partition coefficient (Wildman–Crippen LogP) is 1.35. The smallest absolute Gasteiger partial charge is 0.322 e. The van der Waals surface area contributed by atoms with Crippen LogP contribution in [0.1, 0.15) is 11.3 Å². The molecule has 112 valence electrons. The molecule has 5 heteroatoms. The number of carbonyl (C=O) groups is 1. The molecule has 2 aromatic rings. The monoisotopic (exact) mass is 287 g/mol. The van der Waals surface area contributed by atoms with Crippen molar-refractivity contribution in [2.45, 2.75) is 19.5 Å². The lowest BCUT2D eigenvalue weighted by molar-refractivity contribution is -0.144. The van der Waals surface area contributed by atoms with Gasteiger partial charge in [0.2, 0.25) is 0 Å². The van der Waals surface area contributed by atoms with Gasteiger partial charge in [-0.15, -0.1) is 0 Å². The standard InChI is InChI=1S/C16H21N3O2/c1-11-12-5-3-4-6-13(12)18(2)15(11)10-19-8-7-17-9-14(19)16(20)21/h3-6,14,17H,7-10H2,1-2H3,(H,20,21). The van der Waals surface area contributed by atoms with E-state index in [0.717, 1.165) is 13.1 Å². The maximum Gasteiger partial charge on any atom is 0.322 e. The quantitative estimate of drug-likeness (QED) is 0.894. The maximum atomic E-state index is 11.4. The van der Waals surface area contributed by atoms with Crippen LogP contribution in [0.4, 0.5) is 0 Å². The van der Waals surface area contributed by atoms with Gasteiger partial charge in [0.1, 0.15) is 6.04 Å². The number of nitrogens with zero attached hydrogens (tertiary/aromatic N) is 2. The third kappa shape index (κ3) is 2.43. The summed E-state index contributed by atoms with van der Waals surface area (Å²) in [5.41, 5.74) is 3.65. The summed E-state index contributed by atoms with van der Waals surface area (Å²) in [6.07, 6.45) is 0. The number of para-hydroxylation sites is 1. The van der Waals surface area contributed by atoms with Crippen LogP contribution in [0.5, 0.6) is 0 Å². The summed E-state index contributed by atoms with van der Waals surface area (Å²) in [7, 11) is 2.06. The number of hydrogen-bond acceptors (Lipinski definition) is 3. The fourth-order valence-corrected chi connectivity index (χ4v) is 3.23. The second-order valence-corrected chi connectivity index (χ2v) is 5.68. The molecule has 1 atom stereocenters. The number of hydrogen-bond donors (Lipinski definition) is 2. The Bertz CT molecular complexity index is 638. The highest BCUT2D eigenvalue weighted by molar-refractivity contribution is 5.85. The van der Waals surface area contributed by atoms with E-state index in [1.54, 1.807) is 0 Å². The molecule has 0 saturated carbocycles. The minimum absolute atomic E-state index is 0.448. The highest BCUT2D eigenvalue weighted by Crippen LogP contribution is 2.26. The Morgan fingerprint density at radius 1 is 1.43 bits per heavy atom. The van der Waals surface area contributed by atoms with Crippen molar-refractivity contribution in [3.05, 3.63) is 35.5 Å². The van der Waals surface area contributed by atoms with Gasteiger partial charge in [-0.1, -0.05) is 18.2 Å². The Hall–Kier alpha value is -1.85. The molecular formula is C16H21N3O2. The first kappa shape index (κ1) is 14.1. The van der Waals surface area contributed by atoms with Crippen LogP contribution in [0.3, 0.4) is 0 Å². The average molecular weight is 287 g/mol. The van der Waals surface area contributed by atoms with Gasteiger partial charge in [-0.25, -0.2) is 0 Å². The van der Waals surface area contributed by atoms with E-state index in [2.05, 4.69) is 40.9 Å². The van der Waals surface area contributed by atoms with Crippen LogP contribution in [0.25, 0.3) is 10.9 Å². The molecule has 1 aromatic carbocycles. The molecule has 0 bridgehead atoms. The van der Waals surface area contributed by atoms with Crippen molar-refractivity contribution in [3.8, 4) is 0 Å². The number of nitrogens with one attached hydrogen (secondary N) is 1. The summed E-state index contributed by atoms with van der Waals surface area (Å²) in [4.78, 5) is 13.5. The Labute approximate surface area is 124 Å². The molecule has 3 rings (SSSR count). The van der Waals surface area contributed by atoms with E-state index >= 15 is 0 Å². The summed E-state index contributed by atoms with van der Waals surface area (Å²) in [6.45, 7) is 4.91. The van der Waals surface area contributed by atoms with E-state index in [9.17, 15) is 9.90 Å². The minimum atomic E-state index is -0.751. The van der Waals surface area contributed by atoms with E-state index in [1.807, 2.05) is 12.1 Å². The molecule has 1 unspecified atom stereocenters. The van der Waals surface area contributed by atoms with Crippen LogP contribution < -0.4 is 5.32 Å². The topological polar surface area (TPSA) is 57.5 Å². The fourth-order valence-electron chi connectivity index (χ4n) is 3.23. The third-order valence-electron chi connectivity index (χ3n) is 4.50. The summed E-state index contributed by atoms with van der Waals surface area (Å²) in [6, 6.07) is 7.87. The molecule has 1 fully saturated rings. The SMILES string of the molecule is Cc1c(CN2CCNCC2C(=O)O)n(C)c2ccccc12. The number of benzene rings is 1. The first-order chi connectivity index (χ1) is 10.1. The Morgan fingerprint density at radius 3 is 2.90 bits per heavy atom. The largest absolute Gasteiger partial charge is 0.480 e. The minimum Gasteiger partial charge on any atom is -0.480 e. The molecule has 5 nitrogen and oxygen atoms in total. The molecule has 0 amide bonds. The van der Waals surface area contributed by atoms with Gasteiger partial charge in [0.25, 0.3) is 0 Å². The molecule has 1 aliphatic heterocycles. The second kappa shape index (κ2) is 5.50. The molecular weight excluding hydrogens is 266 g/mol. The number of carboxylic acids is 1. The normalized spacial score (nSPS) is 20.0. The van der Waals surface area contributed by atoms with Crippen LogP contribution in [-0.4, -0.2) is 46.2 Å². The van der Waals surface area contributed by atoms with Crippen molar-refractivity contribution >= 4 is 16.9 Å². The summed E-state index contributed by atoms with van der Waals surface area (Å²) >= 11 is 0. The third-order valence-corrected chi connectivity index (χ3v) is 4.50. The Balaban J connectivity index is 1.95. The molecule has 0 aliphatic carbocycles. The van der Waals surface area contributed by atoms with Gasteiger partial charge < -0.3 is 15.0 Å². The maximum absolute atomic E-state index is 11.4. The Morgan fingerprint density at radius 2 is 2.19 bits per heavy atom. The van der Waals surface area contributed by atoms with Crippen LogP contribution in [0, 0.1) is 6.92 Å². The van der Waals surface area contributed by atoms with Crippen LogP contribution in [0.15, 0.2) is 24.3 Å². The van der Waals surface area contributed by atoms with E-state index in [0.29, 0.717) is 13.1 Å². The van der Waals surface area contributed by atoms with Gasteiger partial charge in [0, 0.05) is 49.8 Å². The number of aryl methyl sites for hydroxylation is 2. The first-order valence-corrected chi connectivity index (χ1v) is 7.30. The van der Waals surface area contributed by atoms with Crippen LogP contribution >= 0.6 is 0 Å². The lowest BCUT2D eigenvalue weighted by atomic mass is 10.1. The first-order valence-electron chi connectivity index (χ1n) is 7.30. The predicted molar refractivity (Wildman–Crippen MR) is 82.4 cm³/mol. The van der Waals surface area contributed by atoms with Gasteiger partial charge in [-0.05, 0) is 18.6 Å². The zero-order valence-corrected chi connectivity index (χ0v) is 12.5. The van der Waals surface area contributed by atoms with E-state index in [1.165, 1.54) is 22.2 Å². The van der Waals surface area contributed by atoms with Crippen molar-refractivity contribution < 1.29 is 9.90 Å². The zero-order valence-electron chi connectivity index (χ0n) is 12.5. The Kier molecular flexibility index (Phi) is 3.69. The van der Waals surface area contributed by atoms with Crippen molar-refractivity contribution in [2.24, 2.45) is 7.05 Å². The molecule has 1 saturated heterocycles. The lowest BCUT2D eigenvalue weighted by Crippen LogP contribution is -2.54. The van der Waals surface area contributed by atoms with Gasteiger partial charge in [-0.2, -0.15) is 0 Å². The average Bonchev–Trinajstić information content (AvgIpc) is 2.73. The summed E-state index contributed by atoms with van der Waals surface area (Å²) < 4.78 is 2.19. The molecule has 0 spiro atoms. The summed E-state index contributed by atoms with van der Waals surface area (Å²) in [5, 5.41) is 13.8. The van der Waals surface area contributed by atoms with E-state index in [-0.39, 0.29) is 0 Å². The van der Waals surface area contributed by atoms with Crippen LogP contribution in [0.2, 0.25) is 0 Å². The fraction of sp³-hybridized carbons (Fsp3) is 0.438. The van der Waals surface area contributed by atoms with E-state index in [4.69, 9.17) is 0 Å². The molecule has 1 aromatic heterocycles. The highest BCUT2D eigenvalue weighted by Gasteiger charge is 2.29. The van der Waals surface area contributed by atoms with Crippen molar-refractivity contribution in [1.82, 2.24) is 14.8 Å². The lowest BCUT2D eigenvalue weighted by Gasteiger charge is -2.33. The second-order valence-electron chi connectivity index (χ2n) is 5.68. The van der Waals surface area contributed by atoms with E-state index < -0.39 is 12.0 Å². The van der Waals surface area contributed by atoms with Gasteiger partial charge >= 0.3 is 5.97 Å². The van der Waals surface area contributed by atoms with Crippen molar-refractivity contribution in [2.75, 3.05) is 19.6 Å². The zero-order chi connectivity index (χ0) is 15.0. The highest BCUT2D eigenvalue weighted by atomic mass is 16.4. The van der Waals surface area contributed by atoms with Crippen molar-refractivity contribution in [3.63, 3.8) is 0 Å². The molecule has 21 heavy (non-hydrogen) atoms. The number of aromatic nitrogens is 1. The number of carboxylic acid groups (broad SMARTS) is 1. The molecule has 2 heterocycles. The number of aliphatic carboxylic acids is 1. The van der Waals surface area contributed by atoms with Gasteiger partial charge in [-0.3, -0.25) is 9.69 Å². The van der Waals surface area contributed by atoms with Crippen LogP contribution in [-0.2, 0) is 18.4 Å². The molecule has 2 N–H and O–H groups in total. The number of rotatable bonds is 3. The van der Waals surface area contributed by atoms with Crippen molar-refractivity contribution in [1.29, 1.82) is 0 Å². The molecule has 1 aliphatic rings. The summed E-state index contributed by atoms with van der Waals surface area (Å²) in [5.74, 6) is -0.751. The number of fused-ring (bicyclic) bond motifs is 1. The van der Waals surface area contributed by atoms with Gasteiger partial charge in [0.15, 0.2) is 0 Å². The van der Waals surface area contributed by atoms with Gasteiger partial charge in [0.05, 0.1) is 0 Å². The number of piperazine rings is 1. The molecule has 0 radical (unpaired) electrons.